The first-order valence-electron chi connectivity index (χ1n) is 3.73. The first-order chi connectivity index (χ1) is 6.27. The summed E-state index contributed by atoms with van der Waals surface area (Å²) in [6, 6.07) is 5.23. The molecule has 1 aromatic carbocycles. The molecule has 0 saturated heterocycles. The molecular weight excluding hydrogens is 188 g/mol. The first-order valence-corrected chi connectivity index (χ1v) is 4.11. The number of carbonyl (C=O) groups excluding carboxylic acids is 1. The van der Waals surface area contributed by atoms with Crippen LogP contribution in [0.4, 0.5) is 0 Å². The Morgan fingerprint density at radius 1 is 1.46 bits per heavy atom. The number of methoxy groups -OCH3 is 1. The number of carbonyl (C=O) groups is 1. The van der Waals surface area contributed by atoms with Crippen LogP contribution in [-0.2, 0) is 4.79 Å². The number of rotatable bonds is 3. The van der Waals surface area contributed by atoms with Gasteiger partial charge in [0.1, 0.15) is 12.0 Å². The smallest absolute Gasteiger partial charge is 0.142 e. The lowest BCUT2D eigenvalue weighted by molar-refractivity contribution is -0.104. The molecule has 0 aliphatic rings. The Balaban J connectivity index is 3.07. The lowest BCUT2D eigenvalue weighted by Gasteiger charge is -2.03. The van der Waals surface area contributed by atoms with E-state index in [2.05, 4.69) is 0 Å². The third-order valence-corrected chi connectivity index (χ3v) is 1.78. The molecule has 1 aromatic rings. The monoisotopic (exact) mass is 196 g/mol. The van der Waals surface area contributed by atoms with Crippen LogP contribution in [-0.4, -0.2) is 13.4 Å². The van der Waals surface area contributed by atoms with Gasteiger partial charge < -0.3 is 4.74 Å². The molecule has 3 heteroatoms. The van der Waals surface area contributed by atoms with E-state index in [0.29, 0.717) is 17.1 Å². The highest BCUT2D eigenvalue weighted by molar-refractivity contribution is 6.30. The predicted octanol–water partition coefficient (Wildman–Crippen LogP) is 2.56. The lowest BCUT2D eigenvalue weighted by atomic mass is 10.2. The molecule has 0 saturated carbocycles. The molecule has 0 aliphatic carbocycles. The van der Waals surface area contributed by atoms with Crippen LogP contribution in [0.25, 0.3) is 6.08 Å². The maximum atomic E-state index is 10.1. The van der Waals surface area contributed by atoms with Gasteiger partial charge in [0.25, 0.3) is 0 Å². The van der Waals surface area contributed by atoms with Gasteiger partial charge in [-0.3, -0.25) is 4.79 Å². The van der Waals surface area contributed by atoms with E-state index in [4.69, 9.17) is 16.3 Å². The number of halogens is 1. The molecular formula is C10H9ClO2. The van der Waals surface area contributed by atoms with Gasteiger partial charge in [-0.15, -0.1) is 0 Å². The van der Waals surface area contributed by atoms with Crippen LogP contribution in [0.15, 0.2) is 24.3 Å². The van der Waals surface area contributed by atoms with E-state index in [9.17, 15) is 4.79 Å². The van der Waals surface area contributed by atoms with Crippen LogP contribution >= 0.6 is 11.6 Å². The summed E-state index contributed by atoms with van der Waals surface area (Å²) in [6.45, 7) is 0. The van der Waals surface area contributed by atoms with Crippen molar-refractivity contribution in [3.63, 3.8) is 0 Å². The molecule has 0 radical (unpaired) electrons. The van der Waals surface area contributed by atoms with Gasteiger partial charge in [0, 0.05) is 10.6 Å². The van der Waals surface area contributed by atoms with Crippen molar-refractivity contribution >= 4 is 24.0 Å². The van der Waals surface area contributed by atoms with E-state index in [1.54, 1.807) is 31.4 Å². The number of benzene rings is 1. The van der Waals surface area contributed by atoms with Gasteiger partial charge in [0.2, 0.25) is 0 Å². The highest BCUT2D eigenvalue weighted by atomic mass is 35.5. The number of hydrogen-bond donors (Lipinski definition) is 0. The zero-order chi connectivity index (χ0) is 9.68. The highest BCUT2D eigenvalue weighted by Crippen LogP contribution is 2.23. The summed E-state index contributed by atoms with van der Waals surface area (Å²) in [5.41, 5.74) is 0.794. The summed E-state index contributed by atoms with van der Waals surface area (Å²) >= 11 is 5.77. The standard InChI is InChI=1S/C10H9ClO2/c1-13-10-5-4-9(11)7-8(10)3-2-6-12/h2-7H,1H3. The second-order valence-corrected chi connectivity index (χ2v) is 2.82. The first kappa shape index (κ1) is 9.81. The van der Waals surface area contributed by atoms with Crippen LogP contribution in [0.5, 0.6) is 5.75 Å². The van der Waals surface area contributed by atoms with Gasteiger partial charge in [-0.05, 0) is 30.4 Å². The average molecular weight is 197 g/mol. The van der Waals surface area contributed by atoms with Crippen molar-refractivity contribution in [1.29, 1.82) is 0 Å². The summed E-state index contributed by atoms with van der Waals surface area (Å²) in [6.07, 6.45) is 3.76. The van der Waals surface area contributed by atoms with Crippen molar-refractivity contribution < 1.29 is 9.53 Å². The summed E-state index contributed by atoms with van der Waals surface area (Å²) < 4.78 is 5.07. The Morgan fingerprint density at radius 3 is 2.85 bits per heavy atom. The maximum absolute atomic E-state index is 10.1. The van der Waals surface area contributed by atoms with Crippen molar-refractivity contribution in [2.75, 3.05) is 7.11 Å². The molecule has 13 heavy (non-hydrogen) atoms. The van der Waals surface area contributed by atoms with Crippen molar-refractivity contribution in [3.8, 4) is 5.75 Å². The van der Waals surface area contributed by atoms with Crippen LogP contribution in [0.2, 0.25) is 5.02 Å². The van der Waals surface area contributed by atoms with Crippen LogP contribution in [0.3, 0.4) is 0 Å². The fraction of sp³-hybridized carbons (Fsp3) is 0.100. The molecule has 2 nitrogen and oxygen atoms in total. The average Bonchev–Trinajstić information content (AvgIpc) is 2.15. The fourth-order valence-corrected chi connectivity index (χ4v) is 1.16. The molecule has 0 unspecified atom stereocenters. The summed E-state index contributed by atoms with van der Waals surface area (Å²) in [7, 11) is 1.57. The van der Waals surface area contributed by atoms with E-state index in [0.717, 1.165) is 5.56 Å². The van der Waals surface area contributed by atoms with Gasteiger partial charge >= 0.3 is 0 Å². The van der Waals surface area contributed by atoms with E-state index < -0.39 is 0 Å². The molecule has 0 spiro atoms. The van der Waals surface area contributed by atoms with Crippen LogP contribution in [0.1, 0.15) is 5.56 Å². The minimum Gasteiger partial charge on any atom is -0.496 e. The van der Waals surface area contributed by atoms with Crippen molar-refractivity contribution in [2.24, 2.45) is 0 Å². The molecule has 0 atom stereocenters. The molecule has 0 fully saturated rings. The molecule has 0 bridgehead atoms. The fourth-order valence-electron chi connectivity index (χ4n) is 0.978. The maximum Gasteiger partial charge on any atom is 0.142 e. The van der Waals surface area contributed by atoms with Gasteiger partial charge in [0.15, 0.2) is 0 Å². The molecule has 1 rings (SSSR count). The topological polar surface area (TPSA) is 26.3 Å². The van der Waals surface area contributed by atoms with Gasteiger partial charge in [0.05, 0.1) is 7.11 Å². The third kappa shape index (κ3) is 2.60. The van der Waals surface area contributed by atoms with E-state index >= 15 is 0 Å². The molecule has 68 valence electrons. The van der Waals surface area contributed by atoms with E-state index in [-0.39, 0.29) is 0 Å². The Bertz CT molecular complexity index is 332. The molecule has 0 N–H and O–H groups in total. The molecule has 0 heterocycles. The zero-order valence-corrected chi connectivity index (χ0v) is 7.91. The van der Waals surface area contributed by atoms with Gasteiger partial charge in [-0.1, -0.05) is 11.6 Å². The highest BCUT2D eigenvalue weighted by Gasteiger charge is 1.99. The summed E-state index contributed by atoms with van der Waals surface area (Å²) in [5.74, 6) is 0.697. The predicted molar refractivity (Wildman–Crippen MR) is 53.1 cm³/mol. The van der Waals surface area contributed by atoms with Gasteiger partial charge in [-0.25, -0.2) is 0 Å². The Morgan fingerprint density at radius 2 is 2.23 bits per heavy atom. The number of allylic oxidation sites excluding steroid dienone is 1. The Labute approximate surface area is 81.8 Å². The van der Waals surface area contributed by atoms with Crippen molar-refractivity contribution in [2.45, 2.75) is 0 Å². The van der Waals surface area contributed by atoms with Crippen LogP contribution in [0, 0.1) is 0 Å². The zero-order valence-electron chi connectivity index (χ0n) is 7.16. The second-order valence-electron chi connectivity index (χ2n) is 2.38. The molecule has 0 aliphatic heterocycles. The third-order valence-electron chi connectivity index (χ3n) is 1.55. The van der Waals surface area contributed by atoms with Crippen LogP contribution < -0.4 is 4.74 Å². The molecule has 0 amide bonds. The SMILES string of the molecule is COc1ccc(Cl)cc1C=CC=O. The summed E-state index contributed by atoms with van der Waals surface area (Å²) in [5, 5.41) is 0.617. The van der Waals surface area contributed by atoms with E-state index in [1.165, 1.54) is 6.08 Å². The normalized spacial score (nSPS) is 10.3. The summed E-state index contributed by atoms with van der Waals surface area (Å²) in [4.78, 5) is 10.1. The number of aldehydes is 1. The minimum atomic E-state index is 0.617. The lowest BCUT2D eigenvalue weighted by Crippen LogP contribution is -1.86. The Hall–Kier alpha value is -1.28. The quantitative estimate of drug-likeness (QED) is 0.549. The second kappa shape index (κ2) is 4.67. The molecule has 0 aromatic heterocycles. The Kier molecular flexibility index (Phi) is 3.53. The number of ether oxygens (including phenoxy) is 1. The van der Waals surface area contributed by atoms with Gasteiger partial charge in [-0.2, -0.15) is 0 Å². The number of hydrogen-bond acceptors (Lipinski definition) is 2. The largest absolute Gasteiger partial charge is 0.496 e. The minimum absolute atomic E-state index is 0.617. The van der Waals surface area contributed by atoms with Crippen molar-refractivity contribution in [1.82, 2.24) is 0 Å². The van der Waals surface area contributed by atoms with Crippen molar-refractivity contribution in [3.05, 3.63) is 34.9 Å². The van der Waals surface area contributed by atoms with E-state index in [1.807, 2.05) is 0 Å².